The maximum atomic E-state index is 4.42. The van der Waals surface area contributed by atoms with Crippen LogP contribution in [0, 0.1) is 13.8 Å². The first kappa shape index (κ1) is 11.6. The van der Waals surface area contributed by atoms with Crippen molar-refractivity contribution < 1.29 is 0 Å². The summed E-state index contributed by atoms with van der Waals surface area (Å²) in [6, 6.07) is 1.96. The molecule has 0 fully saturated rings. The lowest BCUT2D eigenvalue weighted by Gasteiger charge is -2.07. The highest BCUT2D eigenvalue weighted by Crippen LogP contribution is 2.19. The molecule has 3 aromatic heterocycles. The molecule has 96 valence electrons. The Labute approximate surface area is 110 Å². The molecule has 19 heavy (non-hydrogen) atoms. The highest BCUT2D eigenvalue weighted by molar-refractivity contribution is 5.86. The van der Waals surface area contributed by atoms with Crippen molar-refractivity contribution in [3.63, 3.8) is 0 Å². The van der Waals surface area contributed by atoms with Crippen LogP contribution < -0.4 is 5.32 Å². The maximum Gasteiger partial charge on any atom is 0.143 e. The van der Waals surface area contributed by atoms with Crippen molar-refractivity contribution in [3.8, 4) is 0 Å². The molecule has 0 bridgehead atoms. The van der Waals surface area contributed by atoms with E-state index >= 15 is 0 Å². The number of hydrogen-bond acceptors (Lipinski definition) is 5. The minimum absolute atomic E-state index is 0.589. The van der Waals surface area contributed by atoms with Crippen molar-refractivity contribution in [2.45, 2.75) is 20.4 Å². The Kier molecular flexibility index (Phi) is 2.83. The molecule has 0 amide bonds. The third-order valence-electron chi connectivity index (χ3n) is 2.77. The van der Waals surface area contributed by atoms with Crippen LogP contribution in [0.25, 0.3) is 11.0 Å². The quantitative estimate of drug-likeness (QED) is 0.747. The third kappa shape index (κ3) is 2.37. The number of nitrogens with one attached hydrogen (secondary N) is 2. The van der Waals surface area contributed by atoms with Crippen molar-refractivity contribution in [2.75, 3.05) is 5.32 Å². The summed E-state index contributed by atoms with van der Waals surface area (Å²) >= 11 is 0. The smallest absolute Gasteiger partial charge is 0.143 e. The summed E-state index contributed by atoms with van der Waals surface area (Å²) in [5.41, 5.74) is 2.63. The molecular weight excluding hydrogens is 240 g/mol. The summed E-state index contributed by atoms with van der Waals surface area (Å²) in [4.78, 5) is 20.4. The number of hydrogen-bond donors (Lipinski definition) is 2. The van der Waals surface area contributed by atoms with Gasteiger partial charge in [0.05, 0.1) is 29.5 Å². The summed E-state index contributed by atoms with van der Waals surface area (Å²) in [6.45, 7) is 4.39. The molecule has 0 aromatic carbocycles. The Morgan fingerprint density at radius 1 is 1.16 bits per heavy atom. The SMILES string of the molecule is Cc1cncc(CNc2nc(C)nc3[nH]ccc23)n1. The fourth-order valence-electron chi connectivity index (χ4n) is 1.96. The first-order valence-electron chi connectivity index (χ1n) is 6.05. The highest BCUT2D eigenvalue weighted by atomic mass is 15.1. The fraction of sp³-hybridized carbons (Fsp3) is 0.231. The number of aromatic amines is 1. The summed E-state index contributed by atoms with van der Waals surface area (Å²) < 4.78 is 0. The van der Waals surface area contributed by atoms with Gasteiger partial charge in [-0.2, -0.15) is 0 Å². The second-order valence-corrected chi connectivity index (χ2v) is 4.36. The Balaban J connectivity index is 1.87. The van der Waals surface area contributed by atoms with Crippen LogP contribution in [0.2, 0.25) is 0 Å². The molecule has 0 atom stereocenters. The van der Waals surface area contributed by atoms with E-state index in [1.54, 1.807) is 12.4 Å². The summed E-state index contributed by atoms with van der Waals surface area (Å²) in [5.74, 6) is 1.54. The fourth-order valence-corrected chi connectivity index (χ4v) is 1.96. The van der Waals surface area contributed by atoms with Gasteiger partial charge in [0.15, 0.2) is 0 Å². The monoisotopic (exact) mass is 254 g/mol. The van der Waals surface area contributed by atoms with Gasteiger partial charge in [-0.25, -0.2) is 9.97 Å². The predicted octanol–water partition coefficient (Wildman–Crippen LogP) is 1.98. The summed E-state index contributed by atoms with van der Waals surface area (Å²) in [6.07, 6.45) is 5.35. The minimum atomic E-state index is 0.589. The Bertz CT molecular complexity index is 718. The van der Waals surface area contributed by atoms with Crippen LogP contribution >= 0.6 is 0 Å². The maximum absolute atomic E-state index is 4.42. The number of H-pyrrole nitrogens is 1. The first-order chi connectivity index (χ1) is 9.22. The first-order valence-corrected chi connectivity index (χ1v) is 6.05. The molecule has 0 radical (unpaired) electrons. The Morgan fingerprint density at radius 2 is 2.05 bits per heavy atom. The summed E-state index contributed by atoms with van der Waals surface area (Å²) in [5, 5.41) is 4.26. The van der Waals surface area contributed by atoms with Crippen molar-refractivity contribution in [2.24, 2.45) is 0 Å². The van der Waals surface area contributed by atoms with Gasteiger partial charge < -0.3 is 10.3 Å². The van der Waals surface area contributed by atoms with E-state index in [4.69, 9.17) is 0 Å². The van der Waals surface area contributed by atoms with E-state index < -0.39 is 0 Å². The zero-order chi connectivity index (χ0) is 13.2. The van der Waals surface area contributed by atoms with Gasteiger partial charge in [0, 0.05) is 12.4 Å². The van der Waals surface area contributed by atoms with Gasteiger partial charge in [-0.1, -0.05) is 0 Å². The highest BCUT2D eigenvalue weighted by Gasteiger charge is 2.06. The normalized spacial score (nSPS) is 10.8. The molecule has 3 aromatic rings. The summed E-state index contributed by atoms with van der Waals surface area (Å²) in [7, 11) is 0. The third-order valence-corrected chi connectivity index (χ3v) is 2.77. The lowest BCUT2D eigenvalue weighted by molar-refractivity contribution is 0.962. The number of aryl methyl sites for hydroxylation is 2. The lowest BCUT2D eigenvalue weighted by atomic mass is 10.3. The van der Waals surface area contributed by atoms with Gasteiger partial charge in [0.2, 0.25) is 0 Å². The van der Waals surface area contributed by atoms with E-state index in [1.165, 1.54) is 0 Å². The van der Waals surface area contributed by atoms with Gasteiger partial charge in [-0.15, -0.1) is 0 Å². The molecule has 6 heteroatoms. The largest absolute Gasteiger partial charge is 0.364 e. The second kappa shape index (κ2) is 4.64. The zero-order valence-electron chi connectivity index (χ0n) is 10.8. The van der Waals surface area contributed by atoms with Gasteiger partial charge in [0.25, 0.3) is 0 Å². The molecule has 3 heterocycles. The van der Waals surface area contributed by atoms with Crippen LogP contribution in [0.3, 0.4) is 0 Å². The molecule has 0 aliphatic carbocycles. The molecule has 0 spiro atoms. The van der Waals surface area contributed by atoms with Crippen LogP contribution in [-0.4, -0.2) is 24.9 Å². The molecule has 6 nitrogen and oxygen atoms in total. The van der Waals surface area contributed by atoms with Gasteiger partial charge >= 0.3 is 0 Å². The van der Waals surface area contributed by atoms with Crippen molar-refractivity contribution in [3.05, 3.63) is 41.9 Å². The van der Waals surface area contributed by atoms with E-state index in [1.807, 2.05) is 26.1 Å². The molecule has 2 N–H and O–H groups in total. The number of anilines is 1. The van der Waals surface area contributed by atoms with Crippen LogP contribution in [-0.2, 0) is 6.54 Å². The van der Waals surface area contributed by atoms with E-state index in [0.29, 0.717) is 6.54 Å². The Hall–Kier alpha value is -2.50. The molecule has 0 unspecified atom stereocenters. The molecule has 0 aliphatic heterocycles. The minimum Gasteiger partial charge on any atom is -0.364 e. The van der Waals surface area contributed by atoms with Crippen LogP contribution in [0.5, 0.6) is 0 Å². The van der Waals surface area contributed by atoms with Crippen LogP contribution in [0.1, 0.15) is 17.2 Å². The number of aromatic nitrogens is 5. The van der Waals surface area contributed by atoms with Gasteiger partial charge in [-0.3, -0.25) is 9.97 Å². The lowest BCUT2D eigenvalue weighted by Crippen LogP contribution is -2.06. The second-order valence-electron chi connectivity index (χ2n) is 4.36. The van der Waals surface area contributed by atoms with Crippen LogP contribution in [0.4, 0.5) is 5.82 Å². The molecular formula is C13H14N6. The van der Waals surface area contributed by atoms with Gasteiger partial charge in [-0.05, 0) is 19.9 Å². The van der Waals surface area contributed by atoms with E-state index in [9.17, 15) is 0 Å². The average Bonchev–Trinajstić information content (AvgIpc) is 2.84. The molecule has 0 saturated heterocycles. The van der Waals surface area contributed by atoms with Crippen LogP contribution in [0.15, 0.2) is 24.7 Å². The molecule has 0 saturated carbocycles. The predicted molar refractivity (Wildman–Crippen MR) is 72.7 cm³/mol. The van der Waals surface area contributed by atoms with E-state index in [0.717, 1.165) is 34.1 Å². The van der Waals surface area contributed by atoms with Crippen molar-refractivity contribution >= 4 is 16.9 Å². The van der Waals surface area contributed by atoms with Crippen molar-refractivity contribution in [1.29, 1.82) is 0 Å². The number of fused-ring (bicyclic) bond motifs is 1. The standard InChI is InChI=1S/C13H14N6/c1-8-5-14-6-10(17-8)7-16-13-11-3-4-15-12(11)18-9(2)19-13/h3-6H,7H2,1-2H3,(H2,15,16,18,19). The van der Waals surface area contributed by atoms with E-state index in [2.05, 4.69) is 30.2 Å². The molecule has 0 aliphatic rings. The molecule has 3 rings (SSSR count). The topological polar surface area (TPSA) is 79.4 Å². The zero-order valence-corrected chi connectivity index (χ0v) is 10.8. The number of nitrogens with zero attached hydrogens (tertiary/aromatic N) is 4. The van der Waals surface area contributed by atoms with E-state index in [-0.39, 0.29) is 0 Å². The number of rotatable bonds is 3. The Morgan fingerprint density at radius 3 is 2.89 bits per heavy atom. The van der Waals surface area contributed by atoms with Crippen molar-refractivity contribution in [1.82, 2.24) is 24.9 Å². The van der Waals surface area contributed by atoms with Gasteiger partial charge in [0.1, 0.15) is 17.3 Å². The average molecular weight is 254 g/mol.